The monoisotopic (exact) mass is 295 g/mol. The van der Waals surface area contributed by atoms with Gasteiger partial charge in [-0.05, 0) is 24.4 Å². The zero-order chi connectivity index (χ0) is 13.6. The topological polar surface area (TPSA) is 69.8 Å². The number of benzene rings is 1. The predicted molar refractivity (Wildman–Crippen MR) is 78.5 cm³/mol. The van der Waals surface area contributed by atoms with Crippen LogP contribution in [0.25, 0.3) is 0 Å². The Morgan fingerprint density at radius 3 is 3.11 bits per heavy atom. The quantitative estimate of drug-likeness (QED) is 0.785. The molecule has 1 aromatic rings. The van der Waals surface area contributed by atoms with Gasteiger partial charge >= 0.3 is 0 Å². The summed E-state index contributed by atoms with van der Waals surface area (Å²) in [7, 11) is 0. The minimum atomic E-state index is -0.383. The van der Waals surface area contributed by atoms with Gasteiger partial charge in [0, 0.05) is 23.3 Å². The molecule has 0 radical (unpaired) electrons. The molecule has 5 nitrogen and oxygen atoms in total. The standard InChI is InChI=1S/C12H13N3O2S2/c13-11(17)5-14-4-7-6-19-10-2-1-8(16)3-9(10)15(7)12(14)18/h1-3,7,16H,4-6H2,(H2,13,17). The van der Waals surface area contributed by atoms with Crippen LogP contribution in [-0.2, 0) is 4.79 Å². The van der Waals surface area contributed by atoms with Crippen LogP contribution in [0.2, 0.25) is 0 Å². The van der Waals surface area contributed by atoms with Gasteiger partial charge in [-0.2, -0.15) is 0 Å². The van der Waals surface area contributed by atoms with E-state index in [0.717, 1.165) is 16.3 Å². The molecule has 1 saturated heterocycles. The number of fused-ring (bicyclic) bond motifs is 3. The van der Waals surface area contributed by atoms with Crippen LogP contribution in [0.5, 0.6) is 5.75 Å². The fourth-order valence-corrected chi connectivity index (χ4v) is 3.95. The molecule has 0 saturated carbocycles. The molecule has 2 aliphatic rings. The molecule has 0 spiro atoms. The van der Waals surface area contributed by atoms with Gasteiger partial charge < -0.3 is 20.6 Å². The molecule has 1 fully saturated rings. The predicted octanol–water partition coefficient (Wildman–Crippen LogP) is 0.759. The summed E-state index contributed by atoms with van der Waals surface area (Å²) in [4.78, 5) is 16.0. The first-order valence-corrected chi connectivity index (χ1v) is 7.28. The van der Waals surface area contributed by atoms with Crippen molar-refractivity contribution < 1.29 is 9.90 Å². The molecule has 3 N–H and O–H groups in total. The molecule has 0 aliphatic carbocycles. The molecule has 2 aliphatic heterocycles. The second-order valence-corrected chi connectivity index (χ2v) is 6.04. The van der Waals surface area contributed by atoms with Crippen molar-refractivity contribution in [2.75, 3.05) is 23.7 Å². The highest BCUT2D eigenvalue weighted by Gasteiger charge is 2.39. The molecule has 1 amide bonds. The largest absolute Gasteiger partial charge is 0.508 e. The van der Waals surface area contributed by atoms with E-state index in [9.17, 15) is 9.90 Å². The Kier molecular flexibility index (Phi) is 3.02. The van der Waals surface area contributed by atoms with Crippen LogP contribution in [0, 0.1) is 0 Å². The van der Waals surface area contributed by atoms with E-state index >= 15 is 0 Å². The molecule has 0 aromatic heterocycles. The van der Waals surface area contributed by atoms with Gasteiger partial charge in [0.15, 0.2) is 5.11 Å². The van der Waals surface area contributed by atoms with Gasteiger partial charge in [-0.1, -0.05) is 0 Å². The number of amides is 1. The Balaban J connectivity index is 1.95. The van der Waals surface area contributed by atoms with Gasteiger partial charge in [-0.25, -0.2) is 0 Å². The number of nitrogens with two attached hydrogens (primary N) is 1. The molecule has 1 aromatic carbocycles. The van der Waals surface area contributed by atoms with E-state index < -0.39 is 0 Å². The molecule has 2 heterocycles. The summed E-state index contributed by atoms with van der Waals surface area (Å²) in [5.41, 5.74) is 6.15. The number of phenols is 1. The first kappa shape index (κ1) is 12.6. The third-order valence-electron chi connectivity index (χ3n) is 3.25. The van der Waals surface area contributed by atoms with Crippen LogP contribution < -0.4 is 10.6 Å². The van der Waals surface area contributed by atoms with Crippen molar-refractivity contribution in [2.24, 2.45) is 5.73 Å². The molecular weight excluding hydrogens is 282 g/mol. The molecule has 1 unspecified atom stereocenters. The number of anilines is 1. The van der Waals surface area contributed by atoms with Crippen molar-refractivity contribution in [3.8, 4) is 5.75 Å². The van der Waals surface area contributed by atoms with Gasteiger partial charge in [0.25, 0.3) is 0 Å². The second kappa shape index (κ2) is 4.57. The summed E-state index contributed by atoms with van der Waals surface area (Å²) in [6, 6.07) is 5.51. The number of thioether (sulfide) groups is 1. The van der Waals surface area contributed by atoms with Crippen molar-refractivity contribution in [1.82, 2.24) is 4.90 Å². The second-order valence-electron chi connectivity index (χ2n) is 4.62. The van der Waals surface area contributed by atoms with E-state index in [1.807, 2.05) is 15.9 Å². The summed E-state index contributed by atoms with van der Waals surface area (Å²) in [6.07, 6.45) is 0. The minimum absolute atomic E-state index is 0.144. The van der Waals surface area contributed by atoms with E-state index in [4.69, 9.17) is 18.0 Å². The highest BCUT2D eigenvalue weighted by atomic mass is 32.2. The highest BCUT2D eigenvalue weighted by molar-refractivity contribution is 7.99. The summed E-state index contributed by atoms with van der Waals surface area (Å²) in [5, 5.41) is 10.2. The van der Waals surface area contributed by atoms with Crippen LogP contribution in [0.4, 0.5) is 5.69 Å². The van der Waals surface area contributed by atoms with E-state index in [1.54, 1.807) is 23.9 Å². The molecular formula is C12H13N3O2S2. The lowest BCUT2D eigenvalue weighted by molar-refractivity contribution is -0.118. The van der Waals surface area contributed by atoms with Crippen LogP contribution >= 0.6 is 24.0 Å². The van der Waals surface area contributed by atoms with Crippen LogP contribution in [0.15, 0.2) is 23.1 Å². The Morgan fingerprint density at radius 1 is 1.58 bits per heavy atom. The first-order chi connectivity index (χ1) is 9.06. The number of aromatic hydroxyl groups is 1. The summed E-state index contributed by atoms with van der Waals surface area (Å²) >= 11 is 7.17. The first-order valence-electron chi connectivity index (χ1n) is 5.88. The van der Waals surface area contributed by atoms with Crippen LogP contribution in [-0.4, -0.2) is 45.9 Å². The Morgan fingerprint density at radius 2 is 2.37 bits per heavy atom. The number of thiocarbonyl (C=S) groups is 1. The van der Waals surface area contributed by atoms with Gasteiger partial charge in [-0.3, -0.25) is 4.79 Å². The third-order valence-corrected chi connectivity index (χ3v) is 4.92. The van der Waals surface area contributed by atoms with E-state index in [0.29, 0.717) is 11.7 Å². The van der Waals surface area contributed by atoms with Crippen molar-refractivity contribution >= 4 is 40.7 Å². The maximum absolute atomic E-state index is 11.1. The molecule has 100 valence electrons. The van der Waals surface area contributed by atoms with Gasteiger partial charge in [0.05, 0.1) is 18.3 Å². The molecule has 19 heavy (non-hydrogen) atoms. The van der Waals surface area contributed by atoms with E-state index in [-0.39, 0.29) is 24.2 Å². The van der Waals surface area contributed by atoms with Crippen LogP contribution in [0.1, 0.15) is 0 Å². The van der Waals surface area contributed by atoms with E-state index in [1.165, 1.54) is 0 Å². The molecule has 7 heteroatoms. The summed E-state index contributed by atoms with van der Waals surface area (Å²) < 4.78 is 0. The molecule has 1 atom stereocenters. The number of carbonyl (C=O) groups excluding carboxylic acids is 1. The SMILES string of the molecule is NC(=O)CN1CC2CSc3ccc(O)cc3N2C1=S. The summed E-state index contributed by atoms with van der Waals surface area (Å²) in [5.74, 6) is 0.745. The number of hydrogen-bond donors (Lipinski definition) is 2. The zero-order valence-electron chi connectivity index (χ0n) is 10.1. The number of hydrogen-bond acceptors (Lipinski definition) is 4. The maximum Gasteiger partial charge on any atom is 0.237 e. The Labute approximate surface area is 120 Å². The fourth-order valence-electron chi connectivity index (χ4n) is 2.47. The molecule has 3 rings (SSSR count). The fraction of sp³-hybridized carbons (Fsp3) is 0.333. The number of carbonyl (C=O) groups is 1. The highest BCUT2D eigenvalue weighted by Crippen LogP contribution is 2.42. The van der Waals surface area contributed by atoms with Crippen molar-refractivity contribution in [3.63, 3.8) is 0 Å². The van der Waals surface area contributed by atoms with Gasteiger partial charge in [-0.15, -0.1) is 11.8 Å². The minimum Gasteiger partial charge on any atom is -0.508 e. The number of nitrogens with zero attached hydrogens (tertiary/aromatic N) is 2. The van der Waals surface area contributed by atoms with Crippen molar-refractivity contribution in [1.29, 1.82) is 0 Å². The van der Waals surface area contributed by atoms with Crippen molar-refractivity contribution in [3.05, 3.63) is 18.2 Å². The van der Waals surface area contributed by atoms with Crippen molar-refractivity contribution in [2.45, 2.75) is 10.9 Å². The number of rotatable bonds is 2. The smallest absolute Gasteiger partial charge is 0.237 e. The van der Waals surface area contributed by atoms with Crippen LogP contribution in [0.3, 0.4) is 0 Å². The summed E-state index contributed by atoms with van der Waals surface area (Å²) in [6.45, 7) is 0.842. The Hall–Kier alpha value is -1.47. The van der Waals surface area contributed by atoms with E-state index in [2.05, 4.69) is 0 Å². The van der Waals surface area contributed by atoms with Gasteiger partial charge in [0.2, 0.25) is 5.91 Å². The lowest BCUT2D eigenvalue weighted by atomic mass is 10.2. The zero-order valence-corrected chi connectivity index (χ0v) is 11.7. The maximum atomic E-state index is 11.1. The average Bonchev–Trinajstić information content (AvgIpc) is 2.66. The lowest BCUT2D eigenvalue weighted by Crippen LogP contribution is -2.39. The lowest BCUT2D eigenvalue weighted by Gasteiger charge is -2.31. The average molecular weight is 295 g/mol. The normalized spacial score (nSPS) is 21.3. The van der Waals surface area contributed by atoms with Gasteiger partial charge in [0.1, 0.15) is 5.75 Å². The number of phenolic OH excluding ortho intramolecular Hbond substituents is 1. The molecule has 0 bridgehead atoms. The Bertz CT molecular complexity index is 564. The third kappa shape index (κ3) is 2.12. The number of primary amides is 1.